The first-order valence-electron chi connectivity index (χ1n) is 15.6. The van der Waals surface area contributed by atoms with Crippen LogP contribution in [-0.4, -0.2) is 31.9 Å². The summed E-state index contributed by atoms with van der Waals surface area (Å²) >= 11 is 6.93. The predicted octanol–water partition coefficient (Wildman–Crippen LogP) is 9.26. The zero-order valence-electron chi connectivity index (χ0n) is 27.7. The molecule has 52 heavy (non-hydrogen) atoms. The van der Waals surface area contributed by atoms with Crippen molar-refractivity contribution < 1.29 is 37.0 Å². The molecule has 0 bridgehead atoms. The fraction of sp³-hybridized carbons (Fsp3) is 0.103. The Kier molecular flexibility index (Phi) is 12.3. The summed E-state index contributed by atoms with van der Waals surface area (Å²) in [5, 5.41) is 6.82. The molecule has 0 heterocycles. The number of anilines is 2. The molecule has 3 N–H and O–H groups in total. The summed E-state index contributed by atoms with van der Waals surface area (Å²) in [6.07, 6.45) is -3.28. The molecular weight excluding hydrogens is 715 g/mol. The summed E-state index contributed by atoms with van der Waals surface area (Å²) in [6, 6.07) is 31.8. The van der Waals surface area contributed by atoms with Crippen molar-refractivity contribution in [2.75, 3.05) is 24.9 Å². The lowest BCUT2D eigenvalue weighted by atomic mass is 10.1. The van der Waals surface area contributed by atoms with Gasteiger partial charge in [-0.2, -0.15) is 13.2 Å². The monoisotopic (exact) mass is 745 g/mol. The van der Waals surface area contributed by atoms with Crippen LogP contribution in [0, 0.1) is 0 Å². The van der Waals surface area contributed by atoms with E-state index in [2.05, 4.69) is 16.0 Å². The third kappa shape index (κ3) is 9.53. The Labute approximate surface area is 307 Å². The van der Waals surface area contributed by atoms with Gasteiger partial charge in [-0.3, -0.25) is 14.4 Å². The van der Waals surface area contributed by atoms with Crippen LogP contribution >= 0.6 is 23.4 Å². The van der Waals surface area contributed by atoms with Crippen molar-refractivity contribution in [2.24, 2.45) is 0 Å². The van der Waals surface area contributed by atoms with Crippen LogP contribution in [0.25, 0.3) is 6.08 Å². The van der Waals surface area contributed by atoms with Crippen LogP contribution in [0.15, 0.2) is 132 Å². The maximum atomic E-state index is 13.8. The maximum Gasteiger partial charge on any atom is 0.418 e. The number of para-hydroxylation sites is 1. The van der Waals surface area contributed by atoms with Crippen LogP contribution in [0.1, 0.15) is 32.3 Å². The molecule has 0 saturated carbocycles. The van der Waals surface area contributed by atoms with Crippen molar-refractivity contribution in [2.45, 2.75) is 16.3 Å². The molecule has 0 aliphatic rings. The standard InChI is InChI=1S/C39H31ClF3N3O5S/c1-50-33-15-9-14-26(34(33)51-2)22-32(46-36(47)25-12-7-4-8-13-25)37(48)44-28-17-19-29(20-18-28)52-35(24-10-5-3-6-11-24)38(49)45-31-21-16-27(40)23-30(31)39(41,42)43/h3-23,35H,1-2H3,(H,44,48)(H,45,49)(H,46,47)/b32-22-. The molecule has 0 aliphatic heterocycles. The van der Waals surface area contributed by atoms with E-state index in [4.69, 9.17) is 21.1 Å². The van der Waals surface area contributed by atoms with E-state index in [-0.39, 0.29) is 10.7 Å². The van der Waals surface area contributed by atoms with Gasteiger partial charge in [0.2, 0.25) is 5.91 Å². The molecule has 8 nitrogen and oxygen atoms in total. The van der Waals surface area contributed by atoms with Gasteiger partial charge in [0.05, 0.1) is 25.5 Å². The summed E-state index contributed by atoms with van der Waals surface area (Å²) in [6.45, 7) is 0. The zero-order valence-corrected chi connectivity index (χ0v) is 29.2. The summed E-state index contributed by atoms with van der Waals surface area (Å²) in [7, 11) is 2.94. The van der Waals surface area contributed by atoms with Crippen LogP contribution in [0.3, 0.4) is 0 Å². The highest BCUT2D eigenvalue weighted by molar-refractivity contribution is 8.00. The molecule has 266 valence electrons. The minimum atomic E-state index is -4.75. The summed E-state index contributed by atoms with van der Waals surface area (Å²) in [5.74, 6) is -1.05. The van der Waals surface area contributed by atoms with Crippen molar-refractivity contribution in [1.29, 1.82) is 0 Å². The largest absolute Gasteiger partial charge is 0.493 e. The Bertz CT molecular complexity index is 2080. The van der Waals surface area contributed by atoms with Gasteiger partial charge >= 0.3 is 6.18 Å². The maximum absolute atomic E-state index is 13.8. The van der Waals surface area contributed by atoms with Gasteiger partial charge in [-0.15, -0.1) is 11.8 Å². The molecule has 5 rings (SSSR count). The fourth-order valence-electron chi connectivity index (χ4n) is 5.03. The lowest BCUT2D eigenvalue weighted by Crippen LogP contribution is -2.30. The second kappa shape index (κ2) is 17.0. The average Bonchev–Trinajstić information content (AvgIpc) is 3.14. The summed E-state index contributed by atoms with van der Waals surface area (Å²) in [5.41, 5.74) is 0.159. The van der Waals surface area contributed by atoms with Crippen molar-refractivity contribution in [3.05, 3.63) is 154 Å². The van der Waals surface area contributed by atoms with Crippen LogP contribution in [0.2, 0.25) is 5.02 Å². The highest BCUT2D eigenvalue weighted by Gasteiger charge is 2.35. The number of alkyl halides is 3. The molecule has 1 unspecified atom stereocenters. The number of carbonyl (C=O) groups excluding carboxylic acids is 3. The van der Waals surface area contributed by atoms with Crippen LogP contribution in [-0.2, 0) is 15.8 Å². The lowest BCUT2D eigenvalue weighted by Gasteiger charge is -2.20. The number of methoxy groups -OCH3 is 2. The Hall–Kier alpha value is -5.72. The third-order valence-corrected chi connectivity index (χ3v) is 9.01. The van der Waals surface area contributed by atoms with Gasteiger partial charge in [0.15, 0.2) is 11.5 Å². The SMILES string of the molecule is COc1cccc(/C=C(\NC(=O)c2ccccc2)C(=O)Nc2ccc(SC(C(=O)Nc3ccc(Cl)cc3C(F)(F)F)c3ccccc3)cc2)c1OC. The molecule has 0 aliphatic carbocycles. The predicted molar refractivity (Wildman–Crippen MR) is 197 cm³/mol. The van der Waals surface area contributed by atoms with E-state index >= 15 is 0 Å². The second-order valence-corrected chi connectivity index (χ2v) is 12.6. The molecule has 13 heteroatoms. The molecule has 0 saturated heterocycles. The minimum Gasteiger partial charge on any atom is -0.493 e. The van der Waals surface area contributed by atoms with Gasteiger partial charge in [0.25, 0.3) is 11.8 Å². The van der Waals surface area contributed by atoms with Gasteiger partial charge < -0.3 is 25.4 Å². The molecule has 0 fully saturated rings. The molecular formula is C39H31ClF3N3O5S. The third-order valence-electron chi connectivity index (χ3n) is 7.51. The number of hydrogen-bond donors (Lipinski definition) is 3. The van der Waals surface area contributed by atoms with E-state index in [1.165, 1.54) is 26.4 Å². The Morgan fingerprint density at radius 2 is 1.46 bits per heavy atom. The van der Waals surface area contributed by atoms with Gasteiger partial charge in [-0.1, -0.05) is 72.3 Å². The van der Waals surface area contributed by atoms with Gasteiger partial charge in [-0.05, 0) is 72.3 Å². The number of hydrogen-bond acceptors (Lipinski definition) is 6. The second-order valence-electron chi connectivity index (χ2n) is 11.0. The quantitative estimate of drug-likeness (QED) is 0.0869. The van der Waals surface area contributed by atoms with Crippen LogP contribution < -0.4 is 25.4 Å². The van der Waals surface area contributed by atoms with Crippen molar-refractivity contribution in [1.82, 2.24) is 5.32 Å². The Morgan fingerprint density at radius 3 is 2.10 bits per heavy atom. The topological polar surface area (TPSA) is 106 Å². The van der Waals surface area contributed by atoms with E-state index in [9.17, 15) is 27.6 Å². The number of rotatable bonds is 12. The van der Waals surface area contributed by atoms with Gasteiger partial charge in [0.1, 0.15) is 10.9 Å². The number of nitrogens with one attached hydrogen (secondary N) is 3. The van der Waals surface area contributed by atoms with E-state index in [1.807, 2.05) is 0 Å². The van der Waals surface area contributed by atoms with Crippen LogP contribution in [0.5, 0.6) is 11.5 Å². The molecule has 0 radical (unpaired) electrons. The van der Waals surface area contributed by atoms with Crippen molar-refractivity contribution in [3.8, 4) is 11.5 Å². The molecule has 0 spiro atoms. The van der Waals surface area contributed by atoms with Crippen molar-refractivity contribution in [3.63, 3.8) is 0 Å². The van der Waals surface area contributed by atoms with E-state index < -0.39 is 40.4 Å². The average molecular weight is 746 g/mol. The highest BCUT2D eigenvalue weighted by Crippen LogP contribution is 2.40. The Morgan fingerprint density at radius 1 is 0.788 bits per heavy atom. The van der Waals surface area contributed by atoms with E-state index in [0.717, 1.165) is 23.9 Å². The van der Waals surface area contributed by atoms with Gasteiger partial charge in [-0.25, -0.2) is 0 Å². The summed E-state index contributed by atoms with van der Waals surface area (Å²) in [4.78, 5) is 40.9. The van der Waals surface area contributed by atoms with Crippen molar-refractivity contribution >= 4 is 58.5 Å². The first-order valence-corrected chi connectivity index (χ1v) is 16.8. The van der Waals surface area contributed by atoms with Crippen LogP contribution in [0.4, 0.5) is 24.5 Å². The number of ether oxygens (including phenoxy) is 2. The first kappa shape index (κ1) is 37.5. The first-order chi connectivity index (χ1) is 25.0. The normalized spacial score (nSPS) is 12.0. The minimum absolute atomic E-state index is 0.0832. The number of thioether (sulfide) groups is 1. The zero-order chi connectivity index (χ0) is 37.3. The van der Waals surface area contributed by atoms with Gasteiger partial charge in [0, 0.05) is 26.7 Å². The number of benzene rings is 5. The fourth-order valence-corrected chi connectivity index (χ4v) is 6.23. The van der Waals surface area contributed by atoms with E-state index in [1.54, 1.807) is 103 Å². The number of amides is 3. The number of halogens is 4. The molecule has 5 aromatic rings. The molecule has 1 atom stereocenters. The number of carbonyl (C=O) groups is 3. The van der Waals surface area contributed by atoms with E-state index in [0.29, 0.717) is 38.8 Å². The molecule has 0 aromatic heterocycles. The highest BCUT2D eigenvalue weighted by atomic mass is 35.5. The smallest absolute Gasteiger partial charge is 0.418 e. The summed E-state index contributed by atoms with van der Waals surface area (Å²) < 4.78 is 52.2. The lowest BCUT2D eigenvalue weighted by molar-refractivity contribution is -0.137. The molecule has 5 aromatic carbocycles. The molecule has 3 amide bonds. The Balaban J connectivity index is 1.38.